The van der Waals surface area contributed by atoms with Crippen LogP contribution in [0.4, 0.5) is 0 Å². The number of nitrogens with one attached hydrogen (secondary N) is 2. The summed E-state index contributed by atoms with van der Waals surface area (Å²) in [5.41, 5.74) is 2.23. The maximum Gasteiger partial charge on any atom is 0.257 e. The molecule has 0 aliphatic heterocycles. The quantitative estimate of drug-likeness (QED) is 0.690. The minimum Gasteiger partial charge on any atom is -0.352 e. The average molecular weight is 442 g/mol. The van der Waals surface area contributed by atoms with Crippen LogP contribution in [0.3, 0.4) is 0 Å². The molecule has 0 unspecified atom stereocenters. The SMILES string of the molecule is Cc1nn(C)c(C)c1CNC(=O)c1cn(C2CCCCC2)cc(C(=O)NCC(C)C)c1=O. The normalized spacial score (nSPS) is 14.6. The van der Waals surface area contributed by atoms with Gasteiger partial charge < -0.3 is 15.2 Å². The van der Waals surface area contributed by atoms with Crippen LogP contribution in [-0.2, 0) is 13.6 Å². The lowest BCUT2D eigenvalue weighted by atomic mass is 9.95. The maximum atomic E-state index is 13.1. The van der Waals surface area contributed by atoms with Crippen molar-refractivity contribution in [3.63, 3.8) is 0 Å². The second kappa shape index (κ2) is 10.1. The van der Waals surface area contributed by atoms with Gasteiger partial charge in [-0.2, -0.15) is 5.10 Å². The smallest absolute Gasteiger partial charge is 0.257 e. The number of aryl methyl sites for hydroxylation is 2. The monoisotopic (exact) mass is 441 g/mol. The van der Waals surface area contributed by atoms with Crippen LogP contribution in [0.5, 0.6) is 0 Å². The van der Waals surface area contributed by atoms with Crippen LogP contribution in [0.25, 0.3) is 0 Å². The first kappa shape index (κ1) is 23.8. The zero-order valence-corrected chi connectivity index (χ0v) is 19.8. The highest BCUT2D eigenvalue weighted by molar-refractivity contribution is 5.99. The van der Waals surface area contributed by atoms with Crippen molar-refractivity contribution in [1.82, 2.24) is 25.0 Å². The largest absolute Gasteiger partial charge is 0.352 e. The van der Waals surface area contributed by atoms with Crippen LogP contribution in [0.2, 0.25) is 0 Å². The van der Waals surface area contributed by atoms with Crippen molar-refractivity contribution in [2.24, 2.45) is 13.0 Å². The summed E-state index contributed by atoms with van der Waals surface area (Å²) < 4.78 is 3.67. The Balaban J connectivity index is 1.91. The highest BCUT2D eigenvalue weighted by atomic mass is 16.2. The number of rotatable bonds is 7. The molecule has 2 N–H and O–H groups in total. The van der Waals surface area contributed by atoms with Gasteiger partial charge in [-0.3, -0.25) is 19.1 Å². The number of hydrogen-bond acceptors (Lipinski definition) is 4. The summed E-state index contributed by atoms with van der Waals surface area (Å²) in [7, 11) is 1.86. The van der Waals surface area contributed by atoms with Gasteiger partial charge in [-0.05, 0) is 32.6 Å². The van der Waals surface area contributed by atoms with E-state index < -0.39 is 17.2 Å². The van der Waals surface area contributed by atoms with Crippen molar-refractivity contribution in [3.8, 4) is 0 Å². The Morgan fingerprint density at radius 3 is 2.19 bits per heavy atom. The molecule has 2 heterocycles. The molecule has 0 aromatic carbocycles. The minimum atomic E-state index is -0.532. The van der Waals surface area contributed by atoms with Crippen molar-refractivity contribution in [2.75, 3.05) is 6.54 Å². The third kappa shape index (κ3) is 5.29. The standard InChI is InChI=1S/C24H35N5O3/c1-15(2)11-25-23(31)20-13-29(18-9-7-6-8-10-18)14-21(22(20)30)24(32)26-12-19-16(3)27-28(5)17(19)4/h13-15,18H,6-12H2,1-5H3,(H,25,31)(H,26,32). The van der Waals surface area contributed by atoms with Gasteiger partial charge in [-0.25, -0.2) is 0 Å². The highest BCUT2D eigenvalue weighted by Crippen LogP contribution is 2.28. The van der Waals surface area contributed by atoms with Crippen molar-refractivity contribution >= 4 is 11.8 Å². The molecule has 8 nitrogen and oxygen atoms in total. The predicted molar refractivity (Wildman–Crippen MR) is 124 cm³/mol. The molecule has 1 aliphatic rings. The van der Waals surface area contributed by atoms with E-state index in [0.29, 0.717) is 6.54 Å². The number of carbonyl (C=O) groups excluding carboxylic acids is 2. The fourth-order valence-corrected chi connectivity index (χ4v) is 4.24. The summed E-state index contributed by atoms with van der Waals surface area (Å²) in [4.78, 5) is 39.0. The highest BCUT2D eigenvalue weighted by Gasteiger charge is 2.23. The van der Waals surface area contributed by atoms with Crippen LogP contribution in [-0.4, -0.2) is 32.7 Å². The van der Waals surface area contributed by atoms with E-state index >= 15 is 0 Å². The van der Waals surface area contributed by atoms with Gasteiger partial charge in [0.2, 0.25) is 5.43 Å². The van der Waals surface area contributed by atoms with Gasteiger partial charge >= 0.3 is 0 Å². The average Bonchev–Trinajstić information content (AvgIpc) is 3.01. The van der Waals surface area contributed by atoms with E-state index in [1.807, 2.05) is 39.3 Å². The van der Waals surface area contributed by atoms with Crippen molar-refractivity contribution in [2.45, 2.75) is 72.4 Å². The molecular formula is C24H35N5O3. The molecule has 2 aromatic heterocycles. The summed E-state index contributed by atoms with van der Waals surface area (Å²) >= 11 is 0. The van der Waals surface area contributed by atoms with Crippen molar-refractivity contribution < 1.29 is 9.59 Å². The summed E-state index contributed by atoms with van der Waals surface area (Å²) in [5, 5.41) is 10.0. The predicted octanol–water partition coefficient (Wildman–Crippen LogP) is 3.02. The van der Waals surface area contributed by atoms with E-state index in [2.05, 4.69) is 15.7 Å². The number of amides is 2. The number of hydrogen-bond donors (Lipinski definition) is 2. The van der Waals surface area contributed by atoms with E-state index in [9.17, 15) is 14.4 Å². The van der Waals surface area contributed by atoms with Gasteiger partial charge in [0.1, 0.15) is 11.1 Å². The fourth-order valence-electron chi connectivity index (χ4n) is 4.24. The van der Waals surface area contributed by atoms with Gasteiger partial charge in [0.25, 0.3) is 11.8 Å². The van der Waals surface area contributed by atoms with Crippen LogP contribution in [0.15, 0.2) is 17.2 Å². The molecule has 1 aliphatic carbocycles. The van der Waals surface area contributed by atoms with Gasteiger partial charge in [0, 0.05) is 49.8 Å². The van der Waals surface area contributed by atoms with E-state index in [1.165, 1.54) is 6.42 Å². The molecule has 32 heavy (non-hydrogen) atoms. The van der Waals surface area contributed by atoms with Crippen LogP contribution < -0.4 is 16.1 Å². The lowest BCUT2D eigenvalue weighted by Crippen LogP contribution is -2.37. The van der Waals surface area contributed by atoms with E-state index in [1.54, 1.807) is 17.1 Å². The van der Waals surface area contributed by atoms with E-state index in [0.717, 1.165) is 42.6 Å². The molecule has 174 valence electrons. The molecule has 8 heteroatoms. The molecule has 0 atom stereocenters. The molecular weight excluding hydrogens is 406 g/mol. The topological polar surface area (TPSA) is 98.0 Å². The molecule has 2 amide bonds. The summed E-state index contributed by atoms with van der Waals surface area (Å²) in [5.74, 6) is -0.639. The zero-order chi connectivity index (χ0) is 23.4. The van der Waals surface area contributed by atoms with Crippen molar-refractivity contribution in [3.05, 3.63) is 50.7 Å². The van der Waals surface area contributed by atoms with Crippen molar-refractivity contribution in [1.29, 1.82) is 0 Å². The molecule has 2 aromatic rings. The zero-order valence-electron chi connectivity index (χ0n) is 19.8. The van der Waals surface area contributed by atoms with Gasteiger partial charge in [0.05, 0.1) is 5.69 Å². The van der Waals surface area contributed by atoms with E-state index in [-0.39, 0.29) is 29.6 Å². The fraction of sp³-hybridized carbons (Fsp3) is 0.583. The Hall–Kier alpha value is -2.90. The van der Waals surface area contributed by atoms with Crippen LogP contribution in [0, 0.1) is 19.8 Å². The molecule has 3 rings (SSSR count). The number of carbonyl (C=O) groups is 2. The Morgan fingerprint density at radius 1 is 1.06 bits per heavy atom. The Bertz CT molecular complexity index is 1040. The number of pyridine rings is 1. The number of nitrogens with zero attached hydrogens (tertiary/aromatic N) is 3. The summed E-state index contributed by atoms with van der Waals surface area (Å²) in [6.07, 6.45) is 8.60. The first-order valence-electron chi connectivity index (χ1n) is 11.5. The lowest BCUT2D eigenvalue weighted by molar-refractivity contribution is 0.0945. The number of aromatic nitrogens is 3. The molecule has 0 saturated heterocycles. The Labute approximate surface area is 189 Å². The summed E-state index contributed by atoms with van der Waals surface area (Å²) in [6.45, 7) is 8.57. The van der Waals surface area contributed by atoms with E-state index in [4.69, 9.17) is 0 Å². The van der Waals surface area contributed by atoms with Crippen LogP contribution >= 0.6 is 0 Å². The second-order valence-corrected chi connectivity index (χ2v) is 9.21. The van der Waals surface area contributed by atoms with Crippen LogP contribution in [0.1, 0.15) is 89.7 Å². The molecule has 0 bridgehead atoms. The molecule has 1 fully saturated rings. The molecule has 0 radical (unpaired) electrons. The first-order chi connectivity index (χ1) is 15.2. The van der Waals surface area contributed by atoms with Gasteiger partial charge in [0.15, 0.2) is 0 Å². The third-order valence-corrected chi connectivity index (χ3v) is 6.29. The van der Waals surface area contributed by atoms with Gasteiger partial charge in [-0.1, -0.05) is 33.1 Å². The Morgan fingerprint density at radius 2 is 1.66 bits per heavy atom. The van der Waals surface area contributed by atoms with Gasteiger partial charge in [-0.15, -0.1) is 0 Å². The first-order valence-corrected chi connectivity index (χ1v) is 11.5. The lowest BCUT2D eigenvalue weighted by Gasteiger charge is -2.25. The third-order valence-electron chi connectivity index (χ3n) is 6.29. The molecule has 1 saturated carbocycles. The molecule has 0 spiro atoms. The summed E-state index contributed by atoms with van der Waals surface area (Å²) in [6, 6.07) is 0.190. The minimum absolute atomic E-state index is 0.00645. The second-order valence-electron chi connectivity index (χ2n) is 9.21. The Kier molecular flexibility index (Phi) is 7.53. The maximum absolute atomic E-state index is 13.1.